The number of carbonyl (C=O) groups is 1. The molecule has 32 heavy (non-hydrogen) atoms. The minimum absolute atomic E-state index is 0.0555. The predicted molar refractivity (Wildman–Crippen MR) is 129 cm³/mol. The lowest BCUT2D eigenvalue weighted by atomic mass is 9.74. The molecule has 2 aliphatic rings. The van der Waals surface area contributed by atoms with Crippen LogP contribution in [0, 0.1) is 18.8 Å². The summed E-state index contributed by atoms with van der Waals surface area (Å²) in [5.74, 6) is 1.04. The van der Waals surface area contributed by atoms with Gasteiger partial charge in [-0.3, -0.25) is 9.78 Å². The van der Waals surface area contributed by atoms with Crippen LogP contribution in [0.15, 0.2) is 23.1 Å². The molecule has 3 atom stereocenters. The molecule has 0 aliphatic heterocycles. The van der Waals surface area contributed by atoms with Crippen molar-refractivity contribution in [2.24, 2.45) is 18.9 Å². The lowest BCUT2D eigenvalue weighted by Gasteiger charge is -2.35. The fourth-order valence-corrected chi connectivity index (χ4v) is 5.69. The van der Waals surface area contributed by atoms with E-state index in [1.807, 2.05) is 32.3 Å². The van der Waals surface area contributed by atoms with E-state index in [-0.39, 0.29) is 23.6 Å². The Morgan fingerprint density at radius 2 is 1.94 bits per heavy atom. The van der Waals surface area contributed by atoms with E-state index in [0.717, 1.165) is 67.1 Å². The SMILES string of the molecule is Cc1cc2c(cn1)cc(C1CC(NC(=O)NCC3CCC(Cl)CC3)CCC1C)c(=O)n2C. The Hall–Kier alpha value is -2.08. The summed E-state index contributed by atoms with van der Waals surface area (Å²) in [6, 6.07) is 3.95. The van der Waals surface area contributed by atoms with Gasteiger partial charge in [0.1, 0.15) is 0 Å². The van der Waals surface area contributed by atoms with Crippen LogP contribution >= 0.6 is 11.6 Å². The number of hydrogen-bond donors (Lipinski definition) is 2. The highest BCUT2D eigenvalue weighted by molar-refractivity contribution is 6.20. The van der Waals surface area contributed by atoms with Crippen LogP contribution in [0.2, 0.25) is 0 Å². The summed E-state index contributed by atoms with van der Waals surface area (Å²) in [6.07, 6.45) is 8.79. The van der Waals surface area contributed by atoms with Crippen molar-refractivity contribution >= 4 is 28.5 Å². The molecule has 2 fully saturated rings. The van der Waals surface area contributed by atoms with Gasteiger partial charge >= 0.3 is 6.03 Å². The summed E-state index contributed by atoms with van der Waals surface area (Å²) in [6.45, 7) is 4.86. The Morgan fingerprint density at radius 1 is 1.19 bits per heavy atom. The first-order chi connectivity index (χ1) is 15.3. The Morgan fingerprint density at radius 3 is 2.69 bits per heavy atom. The van der Waals surface area contributed by atoms with Gasteiger partial charge in [0.05, 0.1) is 5.52 Å². The summed E-state index contributed by atoms with van der Waals surface area (Å²) >= 11 is 6.18. The number of alkyl halides is 1. The van der Waals surface area contributed by atoms with Crippen LogP contribution in [-0.4, -0.2) is 33.5 Å². The highest BCUT2D eigenvalue weighted by Crippen LogP contribution is 2.37. The number of urea groups is 1. The van der Waals surface area contributed by atoms with Gasteiger partial charge in [0.15, 0.2) is 0 Å². The quantitative estimate of drug-likeness (QED) is 0.657. The molecule has 2 amide bonds. The van der Waals surface area contributed by atoms with Crippen molar-refractivity contribution in [1.82, 2.24) is 20.2 Å². The smallest absolute Gasteiger partial charge is 0.315 e. The molecule has 0 bridgehead atoms. The van der Waals surface area contributed by atoms with Gasteiger partial charge in [-0.15, -0.1) is 11.6 Å². The number of hydrogen-bond acceptors (Lipinski definition) is 3. The van der Waals surface area contributed by atoms with Crippen molar-refractivity contribution in [3.8, 4) is 0 Å². The first-order valence-electron chi connectivity index (χ1n) is 12.0. The van der Waals surface area contributed by atoms with Crippen molar-refractivity contribution < 1.29 is 4.79 Å². The maximum atomic E-state index is 13.2. The summed E-state index contributed by atoms with van der Waals surface area (Å²) in [5.41, 5.74) is 2.70. The number of aromatic nitrogens is 2. The highest BCUT2D eigenvalue weighted by atomic mass is 35.5. The van der Waals surface area contributed by atoms with Crippen LogP contribution in [0.3, 0.4) is 0 Å². The van der Waals surface area contributed by atoms with Gasteiger partial charge in [-0.1, -0.05) is 6.92 Å². The number of rotatable bonds is 4. The first kappa shape index (κ1) is 23.1. The van der Waals surface area contributed by atoms with E-state index in [2.05, 4.69) is 22.5 Å². The van der Waals surface area contributed by atoms with Crippen molar-refractivity contribution in [2.75, 3.05) is 6.54 Å². The fourth-order valence-electron chi connectivity index (χ4n) is 5.44. The molecule has 4 rings (SSSR count). The van der Waals surface area contributed by atoms with E-state index >= 15 is 0 Å². The predicted octanol–water partition coefficient (Wildman–Crippen LogP) is 4.61. The van der Waals surface area contributed by atoms with E-state index in [0.29, 0.717) is 23.8 Å². The third kappa shape index (κ3) is 5.11. The molecule has 2 aromatic rings. The summed E-state index contributed by atoms with van der Waals surface area (Å²) in [7, 11) is 1.84. The number of fused-ring (bicyclic) bond motifs is 1. The molecule has 2 heterocycles. The zero-order valence-electron chi connectivity index (χ0n) is 19.4. The average Bonchev–Trinajstić information content (AvgIpc) is 2.78. The third-order valence-electron chi connectivity index (χ3n) is 7.53. The van der Waals surface area contributed by atoms with Crippen molar-refractivity contribution in [2.45, 2.75) is 76.1 Å². The number of pyridine rings is 2. The van der Waals surface area contributed by atoms with Gasteiger partial charge in [-0.05, 0) is 81.8 Å². The lowest BCUT2D eigenvalue weighted by molar-refractivity contribution is 0.219. The second-order valence-corrected chi connectivity index (χ2v) is 10.5. The Bertz CT molecular complexity index is 1030. The summed E-state index contributed by atoms with van der Waals surface area (Å²) in [5, 5.41) is 7.51. The normalized spacial score (nSPS) is 28.4. The average molecular weight is 459 g/mol. The van der Waals surface area contributed by atoms with E-state index in [9.17, 15) is 9.59 Å². The Balaban J connectivity index is 1.42. The molecule has 2 aromatic heterocycles. The van der Waals surface area contributed by atoms with Crippen LogP contribution in [0.25, 0.3) is 10.9 Å². The molecule has 2 N–H and O–H groups in total. The van der Waals surface area contributed by atoms with Gasteiger partial charge in [0.2, 0.25) is 0 Å². The Labute approximate surface area is 195 Å². The standard InChI is InChI=1S/C25H35ClN4O2/c1-15-4-9-20(29-25(32)28-13-17-5-7-19(26)8-6-17)12-21(15)22-11-18-14-27-16(2)10-23(18)30(3)24(22)31/h10-11,14-15,17,19-21H,4-9,12-13H2,1-3H3,(H2,28,29,32). The second kappa shape index (κ2) is 9.82. The largest absolute Gasteiger partial charge is 0.338 e. The molecular formula is C25H35ClN4O2. The van der Waals surface area contributed by atoms with E-state index in [1.165, 1.54) is 0 Å². The molecular weight excluding hydrogens is 424 g/mol. The highest BCUT2D eigenvalue weighted by Gasteiger charge is 2.32. The number of aryl methyl sites for hydroxylation is 2. The van der Waals surface area contributed by atoms with Crippen LogP contribution < -0.4 is 16.2 Å². The van der Waals surface area contributed by atoms with E-state index < -0.39 is 0 Å². The minimum Gasteiger partial charge on any atom is -0.338 e. The summed E-state index contributed by atoms with van der Waals surface area (Å²) in [4.78, 5) is 30.2. The topological polar surface area (TPSA) is 76.0 Å². The number of nitrogens with zero attached hydrogens (tertiary/aromatic N) is 2. The number of halogens is 1. The molecule has 0 saturated heterocycles. The van der Waals surface area contributed by atoms with Crippen LogP contribution in [0.1, 0.15) is 69.0 Å². The van der Waals surface area contributed by atoms with Gasteiger partial charge in [-0.25, -0.2) is 4.79 Å². The van der Waals surface area contributed by atoms with Crippen LogP contribution in [0.4, 0.5) is 4.79 Å². The van der Waals surface area contributed by atoms with Crippen LogP contribution in [0.5, 0.6) is 0 Å². The fraction of sp³-hybridized carbons (Fsp3) is 0.640. The lowest BCUT2D eigenvalue weighted by Crippen LogP contribution is -2.46. The minimum atomic E-state index is -0.0950. The van der Waals surface area contributed by atoms with Gasteiger partial charge < -0.3 is 15.2 Å². The number of carbonyl (C=O) groups excluding carboxylic acids is 1. The van der Waals surface area contributed by atoms with Crippen LogP contribution in [-0.2, 0) is 7.05 Å². The maximum absolute atomic E-state index is 13.2. The molecule has 2 saturated carbocycles. The number of amides is 2. The van der Waals surface area contributed by atoms with Gasteiger partial charge in [0, 0.05) is 47.9 Å². The maximum Gasteiger partial charge on any atom is 0.315 e. The molecule has 174 valence electrons. The number of nitrogens with one attached hydrogen (secondary N) is 2. The first-order valence-corrected chi connectivity index (χ1v) is 12.4. The van der Waals surface area contributed by atoms with Crippen molar-refractivity contribution in [3.63, 3.8) is 0 Å². The van der Waals surface area contributed by atoms with E-state index in [1.54, 1.807) is 4.57 Å². The second-order valence-electron chi connectivity index (χ2n) is 9.91. The molecule has 3 unspecified atom stereocenters. The van der Waals surface area contributed by atoms with Crippen molar-refractivity contribution in [1.29, 1.82) is 0 Å². The molecule has 0 radical (unpaired) electrons. The molecule has 0 spiro atoms. The third-order valence-corrected chi connectivity index (χ3v) is 7.97. The van der Waals surface area contributed by atoms with E-state index in [4.69, 9.17) is 11.6 Å². The molecule has 6 nitrogen and oxygen atoms in total. The summed E-state index contributed by atoms with van der Waals surface area (Å²) < 4.78 is 1.74. The van der Waals surface area contributed by atoms with Crippen molar-refractivity contribution in [3.05, 3.63) is 39.9 Å². The molecule has 2 aliphatic carbocycles. The van der Waals surface area contributed by atoms with Gasteiger partial charge in [-0.2, -0.15) is 0 Å². The molecule has 7 heteroatoms. The monoisotopic (exact) mass is 458 g/mol. The van der Waals surface area contributed by atoms with Gasteiger partial charge in [0.25, 0.3) is 5.56 Å². The zero-order valence-corrected chi connectivity index (χ0v) is 20.1. The molecule has 0 aromatic carbocycles. The Kier molecular flexibility index (Phi) is 7.08. The zero-order chi connectivity index (χ0) is 22.8.